The Bertz CT molecular complexity index is 822. The highest BCUT2D eigenvalue weighted by Crippen LogP contribution is 2.27. The van der Waals surface area contributed by atoms with E-state index in [-0.39, 0.29) is 6.03 Å². The molecule has 0 fully saturated rings. The highest BCUT2D eigenvalue weighted by atomic mass is 19.4. The van der Waals surface area contributed by atoms with E-state index in [0.717, 1.165) is 27.9 Å². The summed E-state index contributed by atoms with van der Waals surface area (Å²) in [6.45, 7) is 1.10. The number of halogens is 3. The molecule has 0 saturated heterocycles. The number of amides is 2. The molecule has 1 heterocycles. The van der Waals surface area contributed by atoms with Gasteiger partial charge < -0.3 is 21.5 Å². The molecule has 5 N–H and O–H groups in total. The first-order chi connectivity index (χ1) is 12.2. The second kappa shape index (κ2) is 7.87. The van der Waals surface area contributed by atoms with Gasteiger partial charge in [0.1, 0.15) is 0 Å². The maximum absolute atomic E-state index is 11.3. The van der Waals surface area contributed by atoms with E-state index in [4.69, 9.17) is 15.6 Å². The first-order valence-corrected chi connectivity index (χ1v) is 7.48. The Hall–Kier alpha value is -3.07. The summed E-state index contributed by atoms with van der Waals surface area (Å²) in [6.07, 6.45) is -5.08. The van der Waals surface area contributed by atoms with Crippen LogP contribution < -0.4 is 16.4 Å². The van der Waals surface area contributed by atoms with E-state index in [0.29, 0.717) is 13.1 Å². The van der Waals surface area contributed by atoms with Crippen molar-refractivity contribution >= 4 is 17.7 Å². The lowest BCUT2D eigenvalue weighted by Crippen LogP contribution is -2.33. The largest absolute Gasteiger partial charge is 0.490 e. The number of nitrogens with one attached hydrogen (secondary N) is 2. The minimum Gasteiger partial charge on any atom is -0.475 e. The summed E-state index contributed by atoms with van der Waals surface area (Å²) >= 11 is 0. The van der Waals surface area contributed by atoms with Crippen molar-refractivity contribution in [3.8, 4) is 11.1 Å². The van der Waals surface area contributed by atoms with Crippen LogP contribution >= 0.6 is 0 Å². The van der Waals surface area contributed by atoms with E-state index in [1.54, 1.807) is 0 Å². The zero-order chi connectivity index (χ0) is 19.3. The van der Waals surface area contributed by atoms with Crippen LogP contribution in [0.3, 0.4) is 0 Å². The van der Waals surface area contributed by atoms with Gasteiger partial charge >= 0.3 is 18.2 Å². The van der Waals surface area contributed by atoms with Crippen LogP contribution in [0.2, 0.25) is 0 Å². The molecule has 6 nitrogen and oxygen atoms in total. The van der Waals surface area contributed by atoms with Gasteiger partial charge in [-0.1, -0.05) is 30.3 Å². The number of hydrogen-bond donors (Lipinski definition) is 4. The molecule has 2 aromatic rings. The number of carbonyl (C=O) groups is 2. The van der Waals surface area contributed by atoms with Crippen LogP contribution in [0, 0.1) is 0 Å². The summed E-state index contributed by atoms with van der Waals surface area (Å²) in [5.41, 5.74) is 10.9. The molecule has 0 unspecified atom stereocenters. The van der Waals surface area contributed by atoms with Crippen molar-refractivity contribution in [3.05, 3.63) is 53.6 Å². The average Bonchev–Trinajstić information content (AvgIpc) is 2.61. The Morgan fingerprint density at radius 2 is 1.81 bits per heavy atom. The minimum atomic E-state index is -5.08. The number of carboxylic acids is 1. The number of fused-ring (bicyclic) bond motifs is 1. The molecule has 26 heavy (non-hydrogen) atoms. The van der Waals surface area contributed by atoms with E-state index in [1.165, 1.54) is 0 Å². The number of rotatable bonds is 2. The van der Waals surface area contributed by atoms with Crippen LogP contribution in [0.1, 0.15) is 11.1 Å². The fourth-order valence-corrected chi connectivity index (χ4v) is 2.25. The van der Waals surface area contributed by atoms with Crippen molar-refractivity contribution in [2.24, 2.45) is 5.73 Å². The lowest BCUT2D eigenvalue weighted by atomic mass is 10.00. The summed E-state index contributed by atoms with van der Waals surface area (Å²) in [6, 6.07) is 14.1. The van der Waals surface area contributed by atoms with Crippen LogP contribution in [-0.2, 0) is 17.9 Å². The lowest BCUT2D eigenvalue weighted by molar-refractivity contribution is -0.192. The van der Waals surface area contributed by atoms with Crippen molar-refractivity contribution in [3.63, 3.8) is 0 Å². The molecule has 0 saturated carbocycles. The fraction of sp³-hybridized carbons (Fsp3) is 0.176. The van der Waals surface area contributed by atoms with Crippen molar-refractivity contribution < 1.29 is 27.9 Å². The predicted molar refractivity (Wildman–Crippen MR) is 89.3 cm³/mol. The van der Waals surface area contributed by atoms with Gasteiger partial charge in [0.05, 0.1) is 0 Å². The Labute approximate surface area is 146 Å². The number of hydrogen-bond acceptors (Lipinski definition) is 3. The summed E-state index contributed by atoms with van der Waals surface area (Å²) in [5.74, 6) is -2.76. The third-order valence-electron chi connectivity index (χ3n) is 3.54. The second-order valence-electron chi connectivity index (χ2n) is 5.39. The number of aliphatic carboxylic acids is 1. The van der Waals surface area contributed by atoms with E-state index in [9.17, 15) is 18.0 Å². The number of carboxylic acid groups (broad SMARTS) is 1. The third kappa shape index (κ3) is 4.96. The van der Waals surface area contributed by atoms with Crippen molar-refractivity contribution in [1.82, 2.24) is 5.32 Å². The monoisotopic (exact) mass is 367 g/mol. The van der Waals surface area contributed by atoms with Crippen molar-refractivity contribution in [2.75, 3.05) is 5.32 Å². The first kappa shape index (κ1) is 19.3. The maximum Gasteiger partial charge on any atom is 0.490 e. The quantitative estimate of drug-likeness (QED) is 0.655. The molecule has 3 rings (SSSR count). The van der Waals surface area contributed by atoms with Crippen LogP contribution in [0.15, 0.2) is 42.5 Å². The number of benzene rings is 2. The molecule has 1 aliphatic heterocycles. The van der Waals surface area contributed by atoms with Gasteiger partial charge in [0, 0.05) is 18.8 Å². The third-order valence-corrected chi connectivity index (χ3v) is 3.54. The summed E-state index contributed by atoms with van der Waals surface area (Å²) in [5, 5.41) is 12.7. The number of urea groups is 1. The Morgan fingerprint density at radius 3 is 2.42 bits per heavy atom. The average molecular weight is 367 g/mol. The molecule has 138 valence electrons. The molecule has 9 heteroatoms. The molecule has 0 spiro atoms. The number of alkyl halides is 3. The second-order valence-corrected chi connectivity index (χ2v) is 5.39. The zero-order valence-electron chi connectivity index (χ0n) is 13.4. The highest BCUT2D eigenvalue weighted by molar-refractivity contribution is 5.93. The Kier molecular flexibility index (Phi) is 5.83. The van der Waals surface area contributed by atoms with Gasteiger partial charge in [0.15, 0.2) is 0 Å². The maximum atomic E-state index is 11.3. The van der Waals surface area contributed by atoms with E-state index in [1.807, 2.05) is 30.3 Å². The van der Waals surface area contributed by atoms with Gasteiger partial charge in [-0.2, -0.15) is 13.2 Å². The highest BCUT2D eigenvalue weighted by Gasteiger charge is 2.38. The fourth-order valence-electron chi connectivity index (χ4n) is 2.25. The molecule has 0 aliphatic carbocycles. The minimum absolute atomic E-state index is 0.152. The lowest BCUT2D eigenvalue weighted by Gasteiger charge is -2.19. The Balaban J connectivity index is 0.000000298. The summed E-state index contributed by atoms with van der Waals surface area (Å²) in [7, 11) is 0. The van der Waals surface area contributed by atoms with Gasteiger partial charge in [-0.05, 0) is 34.4 Å². The molecule has 0 radical (unpaired) electrons. The van der Waals surface area contributed by atoms with Crippen LogP contribution in [0.5, 0.6) is 0 Å². The number of carbonyl (C=O) groups excluding carboxylic acids is 1. The SMILES string of the molecule is NCc1cccc(-c2ccc3c(c2)NC(=O)NC3)c1.O=C(O)C(F)(F)F. The molecule has 1 aliphatic rings. The normalized spacial score (nSPS) is 12.8. The number of anilines is 1. The van der Waals surface area contributed by atoms with Gasteiger partial charge in [-0.25, -0.2) is 9.59 Å². The van der Waals surface area contributed by atoms with Crippen LogP contribution in [0.4, 0.5) is 23.7 Å². The molecule has 0 aromatic heterocycles. The summed E-state index contributed by atoms with van der Waals surface area (Å²) in [4.78, 5) is 20.2. The van der Waals surface area contributed by atoms with Gasteiger partial charge in [-0.15, -0.1) is 0 Å². The van der Waals surface area contributed by atoms with Gasteiger partial charge in [0.25, 0.3) is 0 Å². The van der Waals surface area contributed by atoms with Gasteiger partial charge in [0.2, 0.25) is 0 Å². The van der Waals surface area contributed by atoms with Crippen LogP contribution in [0.25, 0.3) is 11.1 Å². The summed E-state index contributed by atoms with van der Waals surface area (Å²) < 4.78 is 31.7. The molecular weight excluding hydrogens is 351 g/mol. The molecule has 0 atom stereocenters. The molecule has 2 aromatic carbocycles. The molecule has 0 bridgehead atoms. The topological polar surface area (TPSA) is 104 Å². The van der Waals surface area contributed by atoms with E-state index < -0.39 is 12.1 Å². The predicted octanol–water partition coefficient (Wildman–Crippen LogP) is 3.08. The number of nitrogens with two attached hydrogens (primary N) is 1. The van der Waals surface area contributed by atoms with Crippen molar-refractivity contribution in [1.29, 1.82) is 0 Å². The van der Waals surface area contributed by atoms with E-state index >= 15 is 0 Å². The standard InChI is InChI=1S/C15H15N3O.C2HF3O2/c16-8-10-2-1-3-11(6-10)12-4-5-13-9-17-15(19)18-14(13)7-12;3-2(4,5)1(6)7/h1-7H,8-9,16H2,(H2,17,18,19);(H,6,7). The smallest absolute Gasteiger partial charge is 0.475 e. The Morgan fingerprint density at radius 1 is 1.15 bits per heavy atom. The van der Waals surface area contributed by atoms with Gasteiger partial charge in [-0.3, -0.25) is 0 Å². The molecular formula is C17H16F3N3O3. The first-order valence-electron chi connectivity index (χ1n) is 7.48. The van der Waals surface area contributed by atoms with Crippen molar-refractivity contribution in [2.45, 2.75) is 19.3 Å². The zero-order valence-corrected chi connectivity index (χ0v) is 13.4. The van der Waals surface area contributed by atoms with Crippen LogP contribution in [-0.4, -0.2) is 23.3 Å². The molecule has 2 amide bonds. The van der Waals surface area contributed by atoms with E-state index in [2.05, 4.69) is 22.8 Å².